The number of rotatable bonds is 9. The number of alkyl carbamates (subject to hydrolysis) is 1. The quantitative estimate of drug-likeness (QED) is 0.472. The maximum Gasteiger partial charge on any atom is 0.407 e. The highest BCUT2D eigenvalue weighted by molar-refractivity contribution is 5.80. The van der Waals surface area contributed by atoms with E-state index in [1.54, 1.807) is 0 Å². The van der Waals surface area contributed by atoms with Gasteiger partial charge in [-0.05, 0) is 59.8 Å². The molecule has 35 heavy (non-hydrogen) atoms. The van der Waals surface area contributed by atoms with Crippen molar-refractivity contribution in [3.63, 3.8) is 0 Å². The van der Waals surface area contributed by atoms with E-state index < -0.39 is 18.2 Å². The maximum atomic E-state index is 12.6. The maximum absolute atomic E-state index is 12.6. The van der Waals surface area contributed by atoms with Gasteiger partial charge in [0.05, 0.1) is 0 Å². The molecule has 0 aliphatic heterocycles. The number of benzene rings is 2. The number of carboxylic acids is 1. The summed E-state index contributed by atoms with van der Waals surface area (Å²) in [6.45, 7) is 0.555. The summed E-state index contributed by atoms with van der Waals surface area (Å²) in [7, 11) is 0. The minimum atomic E-state index is -1.06. The molecule has 0 aromatic heterocycles. The van der Waals surface area contributed by atoms with Crippen LogP contribution in [0, 0.1) is 17.8 Å². The molecule has 0 bridgehead atoms. The molecule has 2 aromatic rings. The van der Waals surface area contributed by atoms with E-state index in [1.165, 1.54) is 11.1 Å². The van der Waals surface area contributed by atoms with Crippen molar-refractivity contribution in [2.45, 2.75) is 44.1 Å². The van der Waals surface area contributed by atoms with Crippen molar-refractivity contribution in [2.24, 2.45) is 17.8 Å². The molecule has 8 heteroatoms. The van der Waals surface area contributed by atoms with Crippen LogP contribution in [0.5, 0.6) is 0 Å². The van der Waals surface area contributed by atoms with Crippen LogP contribution >= 0.6 is 0 Å². The number of ether oxygens (including phenoxy) is 1. The lowest BCUT2D eigenvalue weighted by Crippen LogP contribution is -2.41. The van der Waals surface area contributed by atoms with Gasteiger partial charge in [0.25, 0.3) is 0 Å². The number of carboxylic acid groups (broad SMARTS) is 1. The van der Waals surface area contributed by atoms with Crippen LogP contribution in [-0.2, 0) is 19.2 Å². The van der Waals surface area contributed by atoms with E-state index in [1.807, 2.05) is 24.3 Å². The van der Waals surface area contributed by atoms with Gasteiger partial charge in [-0.1, -0.05) is 55.0 Å². The second-order valence-electron chi connectivity index (χ2n) is 9.68. The largest absolute Gasteiger partial charge is 0.479 e. The molecule has 3 atom stereocenters. The van der Waals surface area contributed by atoms with Gasteiger partial charge in [0.2, 0.25) is 5.91 Å². The Morgan fingerprint density at radius 2 is 1.60 bits per heavy atom. The lowest BCUT2D eigenvalue weighted by atomic mass is 9.95. The minimum absolute atomic E-state index is 0.0102. The van der Waals surface area contributed by atoms with Crippen LogP contribution in [0.15, 0.2) is 48.5 Å². The summed E-state index contributed by atoms with van der Waals surface area (Å²) >= 11 is 0. The number of fused-ring (bicyclic) bond motifs is 3. The van der Waals surface area contributed by atoms with Crippen LogP contribution in [0.2, 0.25) is 0 Å². The molecule has 2 saturated carbocycles. The topological polar surface area (TPSA) is 114 Å². The third-order valence-electron chi connectivity index (χ3n) is 7.43. The molecule has 0 heterocycles. The summed E-state index contributed by atoms with van der Waals surface area (Å²) < 4.78 is 5.59. The fraction of sp³-hybridized carbons (Fsp3) is 0.444. The number of hydrogen-bond acceptors (Lipinski definition) is 5. The van der Waals surface area contributed by atoms with Crippen LogP contribution in [0.1, 0.15) is 49.1 Å². The molecule has 0 spiro atoms. The average molecular weight is 479 g/mol. The van der Waals surface area contributed by atoms with Crippen molar-refractivity contribution in [1.82, 2.24) is 10.8 Å². The van der Waals surface area contributed by atoms with Gasteiger partial charge >= 0.3 is 12.1 Å². The molecule has 2 aromatic carbocycles. The zero-order valence-electron chi connectivity index (χ0n) is 19.4. The molecule has 2 fully saturated rings. The molecular formula is C27H30N2O6. The van der Waals surface area contributed by atoms with Gasteiger partial charge in [-0.3, -0.25) is 9.63 Å². The minimum Gasteiger partial charge on any atom is -0.479 e. The molecule has 8 nitrogen and oxygen atoms in total. The summed E-state index contributed by atoms with van der Waals surface area (Å²) in [6, 6.07) is 16.3. The standard InChI is InChI=1S/C27H30N2O6/c30-25(29-35-24(26(31)32)16-12-13-16)18-11-5-6-17(18)14-28-27(33)34-15-23-21-9-3-1-7-19(21)20-8-2-4-10-22(20)23/h1-4,7-10,16-18,23-24H,5-6,11-15H2,(H,28,33)(H,29,30)(H,31,32)/t17-,18-,24?/m0/s1. The van der Waals surface area contributed by atoms with E-state index in [9.17, 15) is 19.5 Å². The lowest BCUT2D eigenvalue weighted by Gasteiger charge is -2.21. The van der Waals surface area contributed by atoms with Crippen molar-refractivity contribution in [2.75, 3.05) is 13.2 Å². The summed E-state index contributed by atoms with van der Waals surface area (Å²) in [6.07, 6.45) is 2.41. The van der Waals surface area contributed by atoms with Gasteiger partial charge in [0, 0.05) is 18.4 Å². The van der Waals surface area contributed by atoms with E-state index in [-0.39, 0.29) is 36.2 Å². The molecular weight excluding hydrogens is 448 g/mol. The van der Waals surface area contributed by atoms with Crippen molar-refractivity contribution in [3.8, 4) is 11.1 Å². The highest BCUT2D eigenvalue weighted by atomic mass is 16.7. The average Bonchev–Trinajstić information content (AvgIpc) is 3.49. The molecule has 2 amide bonds. The van der Waals surface area contributed by atoms with Crippen LogP contribution in [0.3, 0.4) is 0 Å². The molecule has 184 valence electrons. The molecule has 1 unspecified atom stereocenters. The number of hydroxylamine groups is 1. The van der Waals surface area contributed by atoms with Gasteiger partial charge < -0.3 is 15.2 Å². The highest BCUT2D eigenvalue weighted by Crippen LogP contribution is 2.44. The second-order valence-corrected chi connectivity index (χ2v) is 9.68. The third kappa shape index (κ3) is 5.03. The smallest absolute Gasteiger partial charge is 0.407 e. The van der Waals surface area contributed by atoms with E-state index in [0.717, 1.165) is 36.8 Å². The van der Waals surface area contributed by atoms with Gasteiger partial charge in [0.15, 0.2) is 6.10 Å². The van der Waals surface area contributed by atoms with Crippen LogP contribution < -0.4 is 10.8 Å². The summed E-state index contributed by atoms with van der Waals surface area (Å²) in [5.41, 5.74) is 7.01. The zero-order valence-corrected chi connectivity index (χ0v) is 19.4. The number of carbonyl (C=O) groups excluding carboxylic acids is 2. The summed E-state index contributed by atoms with van der Waals surface area (Å²) in [5.74, 6) is -1.83. The molecule has 3 aliphatic rings. The van der Waals surface area contributed by atoms with E-state index >= 15 is 0 Å². The number of aliphatic carboxylic acids is 1. The fourth-order valence-electron chi connectivity index (χ4n) is 5.43. The van der Waals surface area contributed by atoms with Crippen molar-refractivity contribution in [1.29, 1.82) is 0 Å². The monoisotopic (exact) mass is 478 g/mol. The third-order valence-corrected chi connectivity index (χ3v) is 7.43. The zero-order chi connectivity index (χ0) is 24.4. The van der Waals surface area contributed by atoms with Crippen molar-refractivity contribution < 1.29 is 29.1 Å². The first-order valence-corrected chi connectivity index (χ1v) is 12.3. The summed E-state index contributed by atoms with van der Waals surface area (Å²) in [5, 5.41) is 12.1. The first-order valence-electron chi connectivity index (χ1n) is 12.3. The normalized spacial score (nSPS) is 21.6. The first kappa shape index (κ1) is 23.4. The summed E-state index contributed by atoms with van der Waals surface area (Å²) in [4.78, 5) is 41.7. The molecule has 3 aliphatic carbocycles. The predicted molar refractivity (Wildman–Crippen MR) is 127 cm³/mol. The van der Waals surface area contributed by atoms with Gasteiger partial charge in [0.1, 0.15) is 6.61 Å². The van der Waals surface area contributed by atoms with E-state index in [0.29, 0.717) is 13.0 Å². The van der Waals surface area contributed by atoms with Crippen LogP contribution in [0.4, 0.5) is 4.79 Å². The Balaban J connectivity index is 1.11. The SMILES string of the molecule is O=C(NC[C@@H]1CCC[C@@H]1C(=O)NOC(C(=O)O)C1CC1)OCC1c2ccccc2-c2ccccc21. The Morgan fingerprint density at radius 1 is 0.943 bits per heavy atom. The number of amides is 2. The van der Waals surface area contributed by atoms with Gasteiger partial charge in [-0.25, -0.2) is 15.1 Å². The van der Waals surface area contributed by atoms with E-state index in [4.69, 9.17) is 9.57 Å². The Hall–Kier alpha value is -3.39. The van der Waals surface area contributed by atoms with Crippen molar-refractivity contribution >= 4 is 18.0 Å². The Bertz CT molecular complexity index is 1070. The number of carbonyl (C=O) groups is 3. The molecule has 0 radical (unpaired) electrons. The van der Waals surface area contributed by atoms with Crippen LogP contribution in [0.25, 0.3) is 11.1 Å². The number of nitrogens with one attached hydrogen (secondary N) is 2. The second kappa shape index (κ2) is 10.1. The van der Waals surface area contributed by atoms with Gasteiger partial charge in [-0.15, -0.1) is 0 Å². The highest BCUT2D eigenvalue weighted by Gasteiger charge is 2.39. The molecule has 3 N–H and O–H groups in total. The Kier molecular flexibility index (Phi) is 6.72. The van der Waals surface area contributed by atoms with Crippen LogP contribution in [-0.4, -0.2) is 42.3 Å². The Morgan fingerprint density at radius 3 is 2.23 bits per heavy atom. The van der Waals surface area contributed by atoms with Crippen molar-refractivity contribution in [3.05, 3.63) is 59.7 Å². The van der Waals surface area contributed by atoms with E-state index in [2.05, 4.69) is 35.1 Å². The first-order chi connectivity index (χ1) is 17.0. The molecule has 0 saturated heterocycles. The fourth-order valence-corrected chi connectivity index (χ4v) is 5.43. The predicted octanol–water partition coefficient (Wildman–Crippen LogP) is 3.85. The Labute approximate surface area is 204 Å². The number of hydrogen-bond donors (Lipinski definition) is 3. The van der Waals surface area contributed by atoms with Gasteiger partial charge in [-0.2, -0.15) is 0 Å². The lowest BCUT2D eigenvalue weighted by molar-refractivity contribution is -0.164. The molecule has 5 rings (SSSR count).